The van der Waals surface area contributed by atoms with Crippen molar-refractivity contribution in [3.8, 4) is 11.5 Å². The summed E-state index contributed by atoms with van der Waals surface area (Å²) in [5.41, 5.74) is 2.88. The van der Waals surface area contributed by atoms with Crippen molar-refractivity contribution in [3.05, 3.63) is 47.6 Å². The average Bonchev–Trinajstić information content (AvgIpc) is 3.18. The first-order chi connectivity index (χ1) is 15.3. The molecule has 31 heavy (non-hydrogen) atoms. The van der Waals surface area contributed by atoms with Gasteiger partial charge in [-0.25, -0.2) is 0 Å². The molecule has 1 unspecified atom stereocenters. The summed E-state index contributed by atoms with van der Waals surface area (Å²) in [6, 6.07) is 6.46. The second-order valence-corrected chi connectivity index (χ2v) is 9.32. The Kier molecular flexibility index (Phi) is 6.63. The first-order valence-electron chi connectivity index (χ1n) is 12.0. The summed E-state index contributed by atoms with van der Waals surface area (Å²) >= 11 is 0. The number of piperidine rings is 1. The van der Waals surface area contributed by atoms with Crippen LogP contribution in [0.3, 0.4) is 0 Å². The number of hydrogen-bond acceptors (Lipinski definition) is 5. The third-order valence-electron chi connectivity index (χ3n) is 7.22. The lowest BCUT2D eigenvalue weighted by atomic mass is 9.74. The van der Waals surface area contributed by atoms with Crippen LogP contribution in [-0.4, -0.2) is 57.3 Å². The molecule has 0 bridgehead atoms. The highest BCUT2D eigenvalue weighted by molar-refractivity contribution is 5.48. The van der Waals surface area contributed by atoms with E-state index in [9.17, 15) is 0 Å². The molecule has 4 aliphatic rings. The van der Waals surface area contributed by atoms with E-state index < -0.39 is 0 Å². The van der Waals surface area contributed by atoms with Gasteiger partial charge in [0, 0.05) is 30.2 Å². The predicted octanol–water partition coefficient (Wildman–Crippen LogP) is 4.61. The molecule has 1 aromatic carbocycles. The minimum Gasteiger partial charge on any atom is -0.492 e. The zero-order valence-corrected chi connectivity index (χ0v) is 18.5. The summed E-state index contributed by atoms with van der Waals surface area (Å²) < 4.78 is 23.8. The second-order valence-electron chi connectivity index (χ2n) is 9.32. The molecule has 1 atom stereocenters. The number of rotatable bonds is 7. The first-order valence-corrected chi connectivity index (χ1v) is 12.0. The first kappa shape index (κ1) is 21.0. The summed E-state index contributed by atoms with van der Waals surface area (Å²) in [6.45, 7) is 6.24. The molecule has 3 heterocycles. The summed E-state index contributed by atoms with van der Waals surface area (Å²) in [6.07, 6.45) is 14.4. The van der Waals surface area contributed by atoms with Gasteiger partial charge in [-0.05, 0) is 69.7 Å². The van der Waals surface area contributed by atoms with E-state index in [2.05, 4.69) is 41.3 Å². The van der Waals surface area contributed by atoms with Gasteiger partial charge in [-0.15, -0.1) is 0 Å². The van der Waals surface area contributed by atoms with Gasteiger partial charge in [-0.2, -0.15) is 0 Å². The highest BCUT2D eigenvalue weighted by Crippen LogP contribution is 2.46. The maximum Gasteiger partial charge on any atom is 0.157 e. The number of benzene rings is 1. The van der Waals surface area contributed by atoms with Gasteiger partial charge in [0.15, 0.2) is 6.29 Å². The van der Waals surface area contributed by atoms with Crippen LogP contribution < -0.4 is 9.47 Å². The molecule has 3 aliphatic heterocycles. The van der Waals surface area contributed by atoms with Crippen molar-refractivity contribution in [2.75, 3.05) is 46.1 Å². The Morgan fingerprint density at radius 3 is 2.90 bits per heavy atom. The Morgan fingerprint density at radius 1 is 1.16 bits per heavy atom. The van der Waals surface area contributed by atoms with E-state index in [1.807, 2.05) is 0 Å². The molecule has 1 aromatic rings. The van der Waals surface area contributed by atoms with Crippen molar-refractivity contribution in [1.29, 1.82) is 0 Å². The largest absolute Gasteiger partial charge is 0.492 e. The normalized spacial score (nSPS) is 25.2. The molecular weight excluding hydrogens is 390 g/mol. The van der Waals surface area contributed by atoms with Crippen LogP contribution in [0.5, 0.6) is 11.5 Å². The Labute approximate surface area is 186 Å². The van der Waals surface area contributed by atoms with E-state index >= 15 is 0 Å². The SMILES string of the molecule is C1=CCCC(COc2ccc3c(c2)OCC32CCN(CCOC3CCCCO3)CC2)=C1. The van der Waals surface area contributed by atoms with Crippen molar-refractivity contribution < 1.29 is 18.9 Å². The molecule has 2 saturated heterocycles. The quantitative estimate of drug-likeness (QED) is 0.638. The van der Waals surface area contributed by atoms with Crippen LogP contribution in [0.4, 0.5) is 0 Å². The summed E-state index contributed by atoms with van der Waals surface area (Å²) in [5, 5.41) is 0. The zero-order chi connectivity index (χ0) is 20.9. The second kappa shape index (κ2) is 9.76. The molecule has 0 aromatic heterocycles. The van der Waals surface area contributed by atoms with E-state index in [0.29, 0.717) is 6.61 Å². The maximum absolute atomic E-state index is 6.15. The molecule has 5 nitrogen and oxygen atoms in total. The van der Waals surface area contributed by atoms with E-state index in [0.717, 1.165) is 83.1 Å². The molecule has 0 N–H and O–H groups in total. The van der Waals surface area contributed by atoms with Crippen molar-refractivity contribution in [1.82, 2.24) is 4.90 Å². The van der Waals surface area contributed by atoms with Crippen LogP contribution in [0.2, 0.25) is 0 Å². The number of likely N-dealkylation sites (tertiary alicyclic amines) is 1. The summed E-state index contributed by atoms with van der Waals surface area (Å²) in [5.74, 6) is 1.92. The third-order valence-corrected chi connectivity index (χ3v) is 7.22. The lowest BCUT2D eigenvalue weighted by Gasteiger charge is -2.38. The fourth-order valence-electron chi connectivity index (χ4n) is 5.17. The van der Waals surface area contributed by atoms with Gasteiger partial charge in [-0.3, -0.25) is 0 Å². The van der Waals surface area contributed by atoms with Gasteiger partial charge in [-0.1, -0.05) is 24.3 Å². The Morgan fingerprint density at radius 2 is 2.10 bits per heavy atom. The molecular formula is C26H35NO4. The Bertz CT molecular complexity index is 804. The third kappa shape index (κ3) is 5.00. The number of ether oxygens (including phenoxy) is 4. The van der Waals surface area contributed by atoms with Crippen LogP contribution in [0, 0.1) is 0 Å². The standard InChI is InChI=1S/C26H35NO4/c1-2-6-21(7-3-1)19-30-22-9-10-23-24(18-22)31-20-26(23)11-13-27(14-12-26)15-17-29-25-8-4-5-16-28-25/h1-2,6,9-10,18,25H,3-5,7-8,11-17,19-20H2. The summed E-state index contributed by atoms with van der Waals surface area (Å²) in [7, 11) is 0. The molecule has 0 amide bonds. The molecule has 1 aliphatic carbocycles. The predicted molar refractivity (Wildman–Crippen MR) is 121 cm³/mol. The molecule has 2 fully saturated rings. The van der Waals surface area contributed by atoms with Crippen molar-refractivity contribution >= 4 is 0 Å². The number of allylic oxidation sites excluding steroid dienone is 3. The highest BCUT2D eigenvalue weighted by atomic mass is 16.7. The fraction of sp³-hybridized carbons (Fsp3) is 0.615. The number of hydrogen-bond donors (Lipinski definition) is 0. The van der Waals surface area contributed by atoms with E-state index in [-0.39, 0.29) is 11.7 Å². The van der Waals surface area contributed by atoms with Gasteiger partial charge < -0.3 is 23.8 Å². The molecule has 5 heteroatoms. The van der Waals surface area contributed by atoms with Crippen LogP contribution in [0.25, 0.3) is 0 Å². The van der Waals surface area contributed by atoms with Gasteiger partial charge in [0.25, 0.3) is 0 Å². The smallest absolute Gasteiger partial charge is 0.157 e. The van der Waals surface area contributed by atoms with Gasteiger partial charge in [0.05, 0.1) is 13.2 Å². The number of nitrogens with zero attached hydrogens (tertiary/aromatic N) is 1. The minimum atomic E-state index is 0.0160. The van der Waals surface area contributed by atoms with Gasteiger partial charge in [0.2, 0.25) is 0 Å². The van der Waals surface area contributed by atoms with E-state index in [1.165, 1.54) is 24.0 Å². The van der Waals surface area contributed by atoms with Crippen LogP contribution in [0.1, 0.15) is 50.5 Å². The Balaban J connectivity index is 1.11. The highest BCUT2D eigenvalue weighted by Gasteiger charge is 2.43. The topological polar surface area (TPSA) is 40.2 Å². The Hall–Kier alpha value is -1.82. The van der Waals surface area contributed by atoms with Crippen LogP contribution in [-0.2, 0) is 14.9 Å². The zero-order valence-electron chi connectivity index (χ0n) is 18.5. The molecule has 0 saturated carbocycles. The van der Waals surface area contributed by atoms with Crippen molar-refractivity contribution in [2.45, 2.75) is 56.7 Å². The average molecular weight is 426 g/mol. The maximum atomic E-state index is 6.15. The minimum absolute atomic E-state index is 0.0160. The lowest BCUT2D eigenvalue weighted by Crippen LogP contribution is -2.44. The van der Waals surface area contributed by atoms with E-state index in [1.54, 1.807) is 0 Å². The lowest BCUT2D eigenvalue weighted by molar-refractivity contribution is -0.164. The monoisotopic (exact) mass is 425 g/mol. The number of fused-ring (bicyclic) bond motifs is 2. The van der Waals surface area contributed by atoms with Crippen LogP contribution >= 0.6 is 0 Å². The molecule has 168 valence electrons. The van der Waals surface area contributed by atoms with Gasteiger partial charge in [0.1, 0.15) is 18.1 Å². The van der Waals surface area contributed by atoms with E-state index in [4.69, 9.17) is 18.9 Å². The van der Waals surface area contributed by atoms with Crippen LogP contribution in [0.15, 0.2) is 42.0 Å². The van der Waals surface area contributed by atoms with Gasteiger partial charge >= 0.3 is 0 Å². The molecule has 1 spiro atoms. The molecule has 0 radical (unpaired) electrons. The fourth-order valence-corrected chi connectivity index (χ4v) is 5.17. The summed E-state index contributed by atoms with van der Waals surface area (Å²) in [4.78, 5) is 2.52. The van der Waals surface area contributed by atoms with Crippen molar-refractivity contribution in [3.63, 3.8) is 0 Å². The molecule has 5 rings (SSSR count). The van der Waals surface area contributed by atoms with Crippen molar-refractivity contribution in [2.24, 2.45) is 0 Å².